The van der Waals surface area contributed by atoms with Gasteiger partial charge in [0.25, 0.3) is 5.91 Å². The van der Waals surface area contributed by atoms with Crippen LogP contribution in [0.25, 0.3) is 0 Å². The Morgan fingerprint density at radius 2 is 1.97 bits per heavy atom. The topological polar surface area (TPSA) is 97.0 Å². The van der Waals surface area contributed by atoms with Crippen LogP contribution in [0.15, 0.2) is 24.3 Å². The second-order valence-corrected chi connectivity index (χ2v) is 7.49. The van der Waals surface area contributed by atoms with Crippen LogP contribution >= 0.6 is 0 Å². The van der Waals surface area contributed by atoms with Crippen molar-refractivity contribution in [3.8, 4) is 5.75 Å². The molecular formula is C21H29N3O5. The van der Waals surface area contributed by atoms with E-state index in [0.717, 1.165) is 37.4 Å². The average molecular weight is 403 g/mol. The highest BCUT2D eigenvalue weighted by molar-refractivity contribution is 6.04. The Kier molecular flexibility index (Phi) is 7.46. The fraction of sp³-hybridized carbons (Fsp3) is 0.571. The summed E-state index contributed by atoms with van der Waals surface area (Å²) in [5, 5.41) is 5.62. The summed E-state index contributed by atoms with van der Waals surface area (Å²) < 4.78 is 10.4. The molecule has 2 aliphatic rings. The van der Waals surface area contributed by atoms with E-state index in [1.807, 2.05) is 24.3 Å². The molecule has 3 rings (SSSR count). The number of nitrogens with zero attached hydrogens (tertiary/aromatic N) is 1. The van der Waals surface area contributed by atoms with Gasteiger partial charge in [-0.2, -0.15) is 0 Å². The molecule has 29 heavy (non-hydrogen) atoms. The molecule has 1 aromatic rings. The lowest BCUT2D eigenvalue weighted by atomic mass is 10.0. The number of nitrogens with one attached hydrogen (secondary N) is 2. The summed E-state index contributed by atoms with van der Waals surface area (Å²) >= 11 is 0. The van der Waals surface area contributed by atoms with Crippen LogP contribution in [0, 0.1) is 5.92 Å². The summed E-state index contributed by atoms with van der Waals surface area (Å²) in [6.45, 7) is 2.44. The van der Waals surface area contributed by atoms with Gasteiger partial charge in [-0.05, 0) is 49.3 Å². The molecule has 2 saturated heterocycles. The van der Waals surface area contributed by atoms with E-state index < -0.39 is 12.1 Å². The molecule has 2 N–H and O–H groups in total. The fourth-order valence-electron chi connectivity index (χ4n) is 3.59. The maximum atomic E-state index is 12.5. The fourth-order valence-corrected chi connectivity index (χ4v) is 3.59. The molecule has 8 heteroatoms. The van der Waals surface area contributed by atoms with Crippen molar-refractivity contribution < 1.29 is 23.9 Å². The third-order valence-electron chi connectivity index (χ3n) is 5.48. The van der Waals surface area contributed by atoms with E-state index in [4.69, 9.17) is 9.47 Å². The second-order valence-electron chi connectivity index (χ2n) is 7.49. The van der Waals surface area contributed by atoms with Gasteiger partial charge in [-0.25, -0.2) is 4.79 Å². The van der Waals surface area contributed by atoms with Crippen molar-refractivity contribution in [2.75, 3.05) is 33.4 Å². The number of rotatable bonds is 9. The first-order chi connectivity index (χ1) is 14.1. The number of benzene rings is 1. The Morgan fingerprint density at radius 3 is 2.66 bits per heavy atom. The first kappa shape index (κ1) is 21.1. The van der Waals surface area contributed by atoms with Crippen LogP contribution in [0.3, 0.4) is 0 Å². The number of carbonyl (C=O) groups is 3. The Bertz CT molecular complexity index is 716. The SMILES string of the molecule is COc1ccc(CCN2C(=O)N[C@H](CCC(=O)NCC3CCOCC3)C2=O)cc1. The molecule has 0 aliphatic carbocycles. The van der Waals surface area contributed by atoms with E-state index in [1.165, 1.54) is 4.90 Å². The lowest BCUT2D eigenvalue weighted by Crippen LogP contribution is -2.35. The van der Waals surface area contributed by atoms with Gasteiger partial charge in [0.15, 0.2) is 0 Å². The number of urea groups is 1. The summed E-state index contributed by atoms with van der Waals surface area (Å²) in [6, 6.07) is 6.50. The van der Waals surface area contributed by atoms with E-state index >= 15 is 0 Å². The summed E-state index contributed by atoms with van der Waals surface area (Å²) in [7, 11) is 1.60. The van der Waals surface area contributed by atoms with Crippen LogP contribution in [0.4, 0.5) is 4.79 Å². The number of methoxy groups -OCH3 is 1. The van der Waals surface area contributed by atoms with Crippen LogP contribution in [0.2, 0.25) is 0 Å². The normalized spacial score (nSPS) is 19.9. The molecule has 0 radical (unpaired) electrons. The predicted octanol–water partition coefficient (Wildman–Crippen LogP) is 1.48. The summed E-state index contributed by atoms with van der Waals surface area (Å²) in [5.41, 5.74) is 1.02. The van der Waals surface area contributed by atoms with E-state index in [0.29, 0.717) is 31.8 Å². The zero-order valence-electron chi connectivity index (χ0n) is 16.8. The first-order valence-electron chi connectivity index (χ1n) is 10.2. The van der Waals surface area contributed by atoms with Crippen molar-refractivity contribution in [1.82, 2.24) is 15.5 Å². The van der Waals surface area contributed by atoms with Crippen LogP contribution < -0.4 is 15.4 Å². The largest absolute Gasteiger partial charge is 0.497 e. The number of hydrogen-bond acceptors (Lipinski definition) is 5. The van der Waals surface area contributed by atoms with Gasteiger partial charge in [0, 0.05) is 32.7 Å². The maximum absolute atomic E-state index is 12.5. The Hall–Kier alpha value is -2.61. The van der Waals surface area contributed by atoms with Crippen molar-refractivity contribution in [3.63, 3.8) is 0 Å². The molecule has 0 aromatic heterocycles. The average Bonchev–Trinajstić information content (AvgIpc) is 3.03. The minimum absolute atomic E-state index is 0.0878. The van der Waals surface area contributed by atoms with Gasteiger partial charge >= 0.3 is 6.03 Å². The number of hydrogen-bond donors (Lipinski definition) is 2. The lowest BCUT2D eigenvalue weighted by Gasteiger charge is -2.22. The minimum Gasteiger partial charge on any atom is -0.497 e. The minimum atomic E-state index is -0.632. The third kappa shape index (κ3) is 5.93. The molecule has 1 atom stereocenters. The van der Waals surface area contributed by atoms with E-state index in [9.17, 15) is 14.4 Å². The quantitative estimate of drug-likeness (QED) is 0.609. The maximum Gasteiger partial charge on any atom is 0.324 e. The van der Waals surface area contributed by atoms with Crippen LogP contribution in [0.5, 0.6) is 5.75 Å². The van der Waals surface area contributed by atoms with Gasteiger partial charge in [0.1, 0.15) is 11.8 Å². The molecule has 2 heterocycles. The van der Waals surface area contributed by atoms with Crippen LogP contribution in [-0.2, 0) is 20.7 Å². The molecule has 0 spiro atoms. The lowest BCUT2D eigenvalue weighted by molar-refractivity contribution is -0.127. The van der Waals surface area contributed by atoms with Gasteiger partial charge < -0.3 is 20.1 Å². The molecular weight excluding hydrogens is 374 g/mol. The molecule has 8 nitrogen and oxygen atoms in total. The number of carbonyl (C=O) groups excluding carboxylic acids is 3. The standard InChI is InChI=1S/C21H29N3O5/c1-28-17-4-2-15(3-5-17)8-11-24-20(26)18(23-21(24)27)6-7-19(25)22-14-16-9-12-29-13-10-16/h2-5,16,18H,6-14H2,1H3,(H,22,25)(H,23,27)/t18-/m1/s1. The molecule has 0 saturated carbocycles. The zero-order valence-corrected chi connectivity index (χ0v) is 16.8. The van der Waals surface area contributed by atoms with E-state index in [1.54, 1.807) is 7.11 Å². The van der Waals surface area contributed by atoms with Crippen molar-refractivity contribution in [2.45, 2.75) is 38.1 Å². The van der Waals surface area contributed by atoms with Gasteiger partial charge in [-0.15, -0.1) is 0 Å². The Morgan fingerprint density at radius 1 is 1.24 bits per heavy atom. The molecule has 158 valence electrons. The molecule has 0 bridgehead atoms. The highest BCUT2D eigenvalue weighted by Crippen LogP contribution is 2.16. The number of imide groups is 1. The highest BCUT2D eigenvalue weighted by atomic mass is 16.5. The molecule has 2 aliphatic heterocycles. The van der Waals surface area contributed by atoms with Gasteiger partial charge in [-0.1, -0.05) is 12.1 Å². The second kappa shape index (κ2) is 10.2. The summed E-state index contributed by atoms with van der Waals surface area (Å²) in [4.78, 5) is 38.0. The van der Waals surface area contributed by atoms with Crippen molar-refractivity contribution in [1.29, 1.82) is 0 Å². The first-order valence-corrected chi connectivity index (χ1v) is 10.2. The smallest absolute Gasteiger partial charge is 0.324 e. The molecule has 4 amide bonds. The Balaban J connectivity index is 1.40. The molecule has 0 unspecified atom stereocenters. The van der Waals surface area contributed by atoms with Gasteiger partial charge in [-0.3, -0.25) is 14.5 Å². The van der Waals surface area contributed by atoms with Crippen molar-refractivity contribution >= 4 is 17.8 Å². The van der Waals surface area contributed by atoms with Crippen LogP contribution in [0.1, 0.15) is 31.2 Å². The van der Waals surface area contributed by atoms with E-state index in [-0.39, 0.29) is 18.2 Å². The predicted molar refractivity (Wildman–Crippen MR) is 107 cm³/mol. The summed E-state index contributed by atoms with van der Waals surface area (Å²) in [5.74, 6) is 0.865. The summed E-state index contributed by atoms with van der Waals surface area (Å²) in [6.07, 6.45) is 3.01. The zero-order chi connectivity index (χ0) is 20.6. The van der Waals surface area contributed by atoms with Crippen LogP contribution in [-0.4, -0.2) is 62.2 Å². The highest BCUT2D eigenvalue weighted by Gasteiger charge is 2.37. The monoisotopic (exact) mass is 403 g/mol. The van der Waals surface area contributed by atoms with Gasteiger partial charge in [0.2, 0.25) is 5.91 Å². The van der Waals surface area contributed by atoms with Gasteiger partial charge in [0.05, 0.1) is 7.11 Å². The van der Waals surface area contributed by atoms with E-state index in [2.05, 4.69) is 10.6 Å². The third-order valence-corrected chi connectivity index (χ3v) is 5.48. The Labute approximate surface area is 170 Å². The van der Waals surface area contributed by atoms with Crippen molar-refractivity contribution in [2.24, 2.45) is 5.92 Å². The number of amides is 4. The number of ether oxygens (including phenoxy) is 2. The molecule has 1 aromatic carbocycles. The molecule has 2 fully saturated rings. The van der Waals surface area contributed by atoms with Crippen molar-refractivity contribution in [3.05, 3.63) is 29.8 Å².